The fraction of sp³-hybridized carbons (Fsp3) is 0.571. The first-order chi connectivity index (χ1) is 8.92. The van der Waals surface area contributed by atoms with E-state index in [0.29, 0.717) is 13.0 Å². The topological polar surface area (TPSA) is 63.4 Å². The Kier molecular flexibility index (Phi) is 6.31. The highest BCUT2D eigenvalue weighted by Crippen LogP contribution is 2.16. The maximum atomic E-state index is 11.2. The lowest BCUT2D eigenvalue weighted by atomic mass is 10.2. The number of benzene rings is 1. The fourth-order valence-corrected chi connectivity index (χ4v) is 2.58. The van der Waals surface area contributed by atoms with Gasteiger partial charge in [0.05, 0.1) is 5.75 Å². The summed E-state index contributed by atoms with van der Waals surface area (Å²) in [6.45, 7) is 4.31. The van der Waals surface area contributed by atoms with Crippen LogP contribution in [0.25, 0.3) is 0 Å². The molecule has 0 aromatic heterocycles. The Bertz CT molecular complexity index is 469. The Morgan fingerprint density at radius 3 is 2.21 bits per heavy atom. The molecule has 0 atom stereocenters. The average molecular weight is 284 g/mol. The summed E-state index contributed by atoms with van der Waals surface area (Å²) < 4.78 is 22.3. The summed E-state index contributed by atoms with van der Waals surface area (Å²) in [5.74, 6) is 0.234. The van der Waals surface area contributed by atoms with Crippen LogP contribution >= 0.6 is 0 Å². The molecule has 108 valence electrons. The van der Waals surface area contributed by atoms with E-state index < -0.39 is 9.84 Å². The minimum atomic E-state index is -2.88. The molecule has 0 radical (unpaired) electrons. The first-order valence-corrected chi connectivity index (χ1v) is 8.68. The summed E-state index contributed by atoms with van der Waals surface area (Å²) in [6, 6.07) is 8.29. The molecule has 2 N–H and O–H groups in total. The quantitative estimate of drug-likeness (QED) is 0.787. The molecule has 0 aliphatic carbocycles. The number of rotatable bonds is 8. The lowest BCUT2D eigenvalue weighted by molar-refractivity contribution is 0.598. The fourth-order valence-electron chi connectivity index (χ4n) is 1.93. The van der Waals surface area contributed by atoms with E-state index in [4.69, 9.17) is 5.73 Å². The molecule has 0 saturated heterocycles. The molecule has 4 nitrogen and oxygen atoms in total. The zero-order chi connectivity index (χ0) is 14.3. The molecule has 0 saturated carbocycles. The SMILES string of the molecule is Cc1ccc(N(CCCN)CCCS(C)(=O)=O)cc1. The Morgan fingerprint density at radius 2 is 1.68 bits per heavy atom. The molecule has 1 aromatic rings. The van der Waals surface area contributed by atoms with E-state index >= 15 is 0 Å². The molecule has 0 aliphatic rings. The highest BCUT2D eigenvalue weighted by Gasteiger charge is 2.08. The van der Waals surface area contributed by atoms with Crippen molar-refractivity contribution in [2.45, 2.75) is 19.8 Å². The molecule has 1 rings (SSSR count). The van der Waals surface area contributed by atoms with Crippen molar-refractivity contribution in [3.8, 4) is 0 Å². The maximum absolute atomic E-state index is 11.2. The Balaban J connectivity index is 2.63. The minimum Gasteiger partial charge on any atom is -0.371 e. The third kappa shape index (κ3) is 6.59. The van der Waals surface area contributed by atoms with Crippen LogP contribution in [0.3, 0.4) is 0 Å². The van der Waals surface area contributed by atoms with Crippen LogP contribution < -0.4 is 10.6 Å². The van der Waals surface area contributed by atoms with Crippen LogP contribution in [0.2, 0.25) is 0 Å². The normalized spacial score (nSPS) is 11.5. The lowest BCUT2D eigenvalue weighted by Gasteiger charge is -2.24. The zero-order valence-corrected chi connectivity index (χ0v) is 12.6. The van der Waals surface area contributed by atoms with Crippen molar-refractivity contribution in [2.24, 2.45) is 5.73 Å². The number of nitrogens with zero attached hydrogens (tertiary/aromatic N) is 1. The van der Waals surface area contributed by atoms with Crippen LogP contribution in [0.4, 0.5) is 5.69 Å². The lowest BCUT2D eigenvalue weighted by Crippen LogP contribution is -2.28. The molecule has 0 spiro atoms. The van der Waals surface area contributed by atoms with Gasteiger partial charge in [-0.15, -0.1) is 0 Å². The van der Waals surface area contributed by atoms with E-state index in [1.165, 1.54) is 11.8 Å². The Hall–Kier alpha value is -1.07. The molecule has 19 heavy (non-hydrogen) atoms. The van der Waals surface area contributed by atoms with Crippen molar-refractivity contribution in [2.75, 3.05) is 36.5 Å². The van der Waals surface area contributed by atoms with Gasteiger partial charge >= 0.3 is 0 Å². The van der Waals surface area contributed by atoms with Crippen molar-refractivity contribution in [3.63, 3.8) is 0 Å². The summed E-state index contributed by atoms with van der Waals surface area (Å²) >= 11 is 0. The van der Waals surface area contributed by atoms with Crippen LogP contribution in [0, 0.1) is 6.92 Å². The van der Waals surface area contributed by atoms with Crippen LogP contribution in [-0.4, -0.2) is 40.1 Å². The predicted octanol–water partition coefficient (Wildman–Crippen LogP) is 1.58. The number of sulfone groups is 1. The van der Waals surface area contributed by atoms with Crippen LogP contribution in [0.1, 0.15) is 18.4 Å². The largest absolute Gasteiger partial charge is 0.371 e. The van der Waals surface area contributed by atoms with Crippen molar-refractivity contribution in [1.82, 2.24) is 0 Å². The van der Waals surface area contributed by atoms with Crippen LogP contribution in [0.5, 0.6) is 0 Å². The summed E-state index contributed by atoms with van der Waals surface area (Å²) in [5.41, 5.74) is 7.91. The van der Waals surface area contributed by atoms with Gasteiger partial charge in [0, 0.05) is 25.0 Å². The maximum Gasteiger partial charge on any atom is 0.147 e. The van der Waals surface area contributed by atoms with Gasteiger partial charge in [0.15, 0.2) is 0 Å². The number of aryl methyl sites for hydroxylation is 1. The van der Waals surface area contributed by atoms with Gasteiger partial charge in [-0.25, -0.2) is 8.42 Å². The van der Waals surface area contributed by atoms with Crippen molar-refractivity contribution < 1.29 is 8.42 Å². The number of anilines is 1. The molecule has 0 heterocycles. The molecular weight excluding hydrogens is 260 g/mol. The molecule has 0 bridgehead atoms. The van der Waals surface area contributed by atoms with Crippen molar-refractivity contribution in [3.05, 3.63) is 29.8 Å². The first-order valence-electron chi connectivity index (χ1n) is 6.62. The van der Waals surface area contributed by atoms with E-state index in [-0.39, 0.29) is 5.75 Å². The average Bonchev–Trinajstić information content (AvgIpc) is 2.33. The van der Waals surface area contributed by atoms with Gasteiger partial charge in [-0.3, -0.25) is 0 Å². The van der Waals surface area contributed by atoms with Crippen LogP contribution in [-0.2, 0) is 9.84 Å². The predicted molar refractivity (Wildman–Crippen MR) is 81.4 cm³/mol. The third-order valence-electron chi connectivity index (χ3n) is 2.97. The van der Waals surface area contributed by atoms with Gasteiger partial charge in [-0.05, 0) is 38.4 Å². The minimum absolute atomic E-state index is 0.234. The monoisotopic (exact) mass is 284 g/mol. The highest BCUT2D eigenvalue weighted by atomic mass is 32.2. The summed E-state index contributed by atoms with van der Waals surface area (Å²) in [6.07, 6.45) is 2.84. The van der Waals surface area contributed by atoms with E-state index in [0.717, 1.165) is 25.2 Å². The summed E-state index contributed by atoms with van der Waals surface area (Å²) in [4.78, 5) is 2.21. The second-order valence-electron chi connectivity index (χ2n) is 4.95. The van der Waals surface area contributed by atoms with Gasteiger partial charge in [-0.1, -0.05) is 17.7 Å². The molecule has 0 aliphatic heterocycles. The summed E-state index contributed by atoms with van der Waals surface area (Å²) in [5, 5.41) is 0. The number of nitrogens with two attached hydrogens (primary N) is 1. The standard InChI is InChI=1S/C14H24N2O2S/c1-13-5-7-14(8-6-13)16(10-3-9-15)11-4-12-19(2,17)18/h5-8H,3-4,9-12,15H2,1-2H3. The van der Waals surface area contributed by atoms with Gasteiger partial charge in [0.1, 0.15) is 9.84 Å². The van der Waals surface area contributed by atoms with Crippen molar-refractivity contribution in [1.29, 1.82) is 0 Å². The van der Waals surface area contributed by atoms with Gasteiger partial charge < -0.3 is 10.6 Å². The second-order valence-corrected chi connectivity index (χ2v) is 7.21. The molecule has 1 aromatic carbocycles. The molecule has 5 heteroatoms. The number of hydrogen-bond donors (Lipinski definition) is 1. The zero-order valence-electron chi connectivity index (χ0n) is 11.8. The smallest absolute Gasteiger partial charge is 0.147 e. The van der Waals surface area contributed by atoms with Crippen LogP contribution in [0.15, 0.2) is 24.3 Å². The second kappa shape index (κ2) is 7.50. The summed E-state index contributed by atoms with van der Waals surface area (Å²) in [7, 11) is -2.88. The van der Waals surface area contributed by atoms with E-state index in [1.807, 2.05) is 0 Å². The molecule has 0 unspecified atom stereocenters. The van der Waals surface area contributed by atoms with Gasteiger partial charge in [0.2, 0.25) is 0 Å². The van der Waals surface area contributed by atoms with Gasteiger partial charge in [-0.2, -0.15) is 0 Å². The van der Waals surface area contributed by atoms with E-state index in [1.54, 1.807) is 0 Å². The van der Waals surface area contributed by atoms with E-state index in [2.05, 4.69) is 36.1 Å². The van der Waals surface area contributed by atoms with Gasteiger partial charge in [0.25, 0.3) is 0 Å². The third-order valence-corrected chi connectivity index (χ3v) is 4.00. The van der Waals surface area contributed by atoms with Crippen molar-refractivity contribution >= 4 is 15.5 Å². The molecule has 0 amide bonds. The number of hydrogen-bond acceptors (Lipinski definition) is 4. The van der Waals surface area contributed by atoms with E-state index in [9.17, 15) is 8.42 Å². The Labute approximate surface area is 116 Å². The first kappa shape index (κ1) is 16.0. The molecule has 0 fully saturated rings. The highest BCUT2D eigenvalue weighted by molar-refractivity contribution is 7.90. The Morgan fingerprint density at radius 1 is 1.11 bits per heavy atom. The molecular formula is C14H24N2O2S.